The number of aryl methyl sites for hydroxylation is 1. The summed E-state index contributed by atoms with van der Waals surface area (Å²) in [5, 5.41) is 7.89. The van der Waals surface area contributed by atoms with Crippen LogP contribution in [-0.4, -0.2) is 10.7 Å². The third-order valence-electron chi connectivity index (χ3n) is 6.57. The second kappa shape index (κ2) is 9.12. The molecule has 0 aromatic heterocycles. The Morgan fingerprint density at radius 1 is 0.914 bits per heavy atom. The highest BCUT2D eigenvalue weighted by Crippen LogP contribution is 2.47. The van der Waals surface area contributed by atoms with Crippen molar-refractivity contribution < 1.29 is 9.47 Å². The van der Waals surface area contributed by atoms with Gasteiger partial charge in [-0.25, -0.2) is 5.01 Å². The molecule has 6 rings (SSSR count). The van der Waals surface area contributed by atoms with Gasteiger partial charge in [0.1, 0.15) is 18.1 Å². The first-order chi connectivity index (χ1) is 17.1. The van der Waals surface area contributed by atoms with Gasteiger partial charge in [0.2, 0.25) is 6.23 Å². The summed E-state index contributed by atoms with van der Waals surface area (Å²) < 4.78 is 12.5. The Bertz CT molecular complexity index is 1370. The highest BCUT2D eigenvalue weighted by Gasteiger charge is 2.40. The van der Waals surface area contributed by atoms with E-state index in [9.17, 15) is 0 Å². The van der Waals surface area contributed by atoms with Crippen LogP contribution in [-0.2, 0) is 6.61 Å². The third kappa shape index (κ3) is 4.38. The zero-order valence-electron chi connectivity index (χ0n) is 19.4. The molecule has 0 amide bonds. The molecule has 5 heteroatoms. The summed E-state index contributed by atoms with van der Waals surface area (Å²) in [6.07, 6.45) is 0.547. The van der Waals surface area contributed by atoms with Gasteiger partial charge in [-0.1, -0.05) is 71.8 Å². The Balaban J connectivity index is 1.26. The summed E-state index contributed by atoms with van der Waals surface area (Å²) in [6, 6.07) is 32.8. The molecule has 2 aliphatic heterocycles. The van der Waals surface area contributed by atoms with E-state index in [2.05, 4.69) is 60.5 Å². The highest BCUT2D eigenvalue weighted by molar-refractivity contribution is 6.30. The minimum atomic E-state index is -0.303. The lowest BCUT2D eigenvalue weighted by Crippen LogP contribution is -2.33. The molecule has 0 N–H and O–H groups in total. The molecule has 4 aromatic carbocycles. The SMILES string of the molecule is Cc1ccc(C2=NN3[C@@H](C2)c2ccccc2O[C@H]3c2ccc(OCc3ccc(Cl)cc3)cc2)cc1. The summed E-state index contributed by atoms with van der Waals surface area (Å²) in [7, 11) is 0. The molecule has 174 valence electrons. The minimum absolute atomic E-state index is 0.141. The number of para-hydroxylation sites is 1. The summed E-state index contributed by atoms with van der Waals surface area (Å²) in [5.41, 5.74) is 6.78. The summed E-state index contributed by atoms with van der Waals surface area (Å²) in [5.74, 6) is 1.73. The van der Waals surface area contributed by atoms with E-state index in [1.54, 1.807) is 0 Å². The number of halogens is 1. The predicted molar refractivity (Wildman–Crippen MR) is 139 cm³/mol. The average Bonchev–Trinajstić information content (AvgIpc) is 3.34. The van der Waals surface area contributed by atoms with Gasteiger partial charge in [-0.05, 0) is 60.5 Å². The maximum atomic E-state index is 6.48. The Morgan fingerprint density at radius 2 is 1.66 bits per heavy atom. The molecular weight excluding hydrogens is 456 g/mol. The van der Waals surface area contributed by atoms with E-state index >= 15 is 0 Å². The fourth-order valence-electron chi connectivity index (χ4n) is 4.65. The minimum Gasteiger partial charge on any atom is -0.489 e. The van der Waals surface area contributed by atoms with Crippen molar-refractivity contribution >= 4 is 17.3 Å². The Labute approximate surface area is 210 Å². The van der Waals surface area contributed by atoms with Crippen molar-refractivity contribution in [2.75, 3.05) is 0 Å². The largest absolute Gasteiger partial charge is 0.489 e. The quantitative estimate of drug-likeness (QED) is 0.297. The molecular formula is C30H25ClN2O2. The number of fused-ring (bicyclic) bond motifs is 3. The first kappa shape index (κ1) is 21.8. The maximum Gasteiger partial charge on any atom is 0.213 e. The fourth-order valence-corrected chi connectivity index (χ4v) is 4.78. The Kier molecular flexibility index (Phi) is 5.67. The van der Waals surface area contributed by atoms with E-state index < -0.39 is 0 Å². The van der Waals surface area contributed by atoms with Gasteiger partial charge in [-0.2, -0.15) is 5.10 Å². The molecule has 0 bridgehead atoms. The summed E-state index contributed by atoms with van der Waals surface area (Å²) >= 11 is 5.97. The van der Waals surface area contributed by atoms with Crippen LogP contribution in [0.1, 0.15) is 46.5 Å². The monoisotopic (exact) mass is 480 g/mol. The summed E-state index contributed by atoms with van der Waals surface area (Å²) in [6.45, 7) is 2.59. The molecule has 0 aliphatic carbocycles. The first-order valence-corrected chi connectivity index (χ1v) is 12.2. The van der Waals surface area contributed by atoms with Crippen LogP contribution in [0.4, 0.5) is 0 Å². The van der Waals surface area contributed by atoms with Crippen molar-refractivity contribution in [1.29, 1.82) is 0 Å². The van der Waals surface area contributed by atoms with Crippen LogP contribution in [0, 0.1) is 6.92 Å². The summed E-state index contributed by atoms with van der Waals surface area (Å²) in [4.78, 5) is 0. The lowest BCUT2D eigenvalue weighted by atomic mass is 9.95. The van der Waals surface area contributed by atoms with Crippen molar-refractivity contribution in [2.45, 2.75) is 32.2 Å². The van der Waals surface area contributed by atoms with Crippen LogP contribution in [0.25, 0.3) is 0 Å². The maximum absolute atomic E-state index is 6.48. The van der Waals surface area contributed by atoms with Crippen molar-refractivity contribution in [2.24, 2.45) is 5.10 Å². The van der Waals surface area contributed by atoms with Crippen molar-refractivity contribution in [3.8, 4) is 11.5 Å². The van der Waals surface area contributed by atoms with Gasteiger partial charge in [0.15, 0.2) is 0 Å². The van der Waals surface area contributed by atoms with Crippen LogP contribution in [0.3, 0.4) is 0 Å². The molecule has 0 fully saturated rings. The molecule has 2 aliphatic rings. The molecule has 0 unspecified atom stereocenters. The topological polar surface area (TPSA) is 34.1 Å². The lowest BCUT2D eigenvalue weighted by Gasteiger charge is -2.38. The lowest BCUT2D eigenvalue weighted by molar-refractivity contribution is -0.0190. The van der Waals surface area contributed by atoms with Crippen molar-refractivity contribution in [3.63, 3.8) is 0 Å². The third-order valence-corrected chi connectivity index (χ3v) is 6.82. The number of hydrazone groups is 1. The van der Waals surface area contributed by atoms with Crippen LogP contribution >= 0.6 is 11.6 Å². The predicted octanol–water partition coefficient (Wildman–Crippen LogP) is 7.47. The van der Waals surface area contributed by atoms with Gasteiger partial charge in [-0.3, -0.25) is 0 Å². The number of hydrogen-bond donors (Lipinski definition) is 0. The number of nitrogens with zero attached hydrogens (tertiary/aromatic N) is 2. The van der Waals surface area contributed by atoms with E-state index in [-0.39, 0.29) is 12.3 Å². The smallest absolute Gasteiger partial charge is 0.213 e. The molecule has 0 saturated carbocycles. The molecule has 0 saturated heterocycles. The van der Waals surface area contributed by atoms with Gasteiger partial charge in [-0.15, -0.1) is 0 Å². The number of rotatable bonds is 5. The Hall–Kier alpha value is -3.76. The fraction of sp³-hybridized carbons (Fsp3) is 0.167. The molecule has 0 radical (unpaired) electrons. The van der Waals surface area contributed by atoms with Gasteiger partial charge < -0.3 is 9.47 Å². The second-order valence-corrected chi connectivity index (χ2v) is 9.44. The van der Waals surface area contributed by atoms with Crippen LogP contribution in [0.5, 0.6) is 11.5 Å². The van der Waals surface area contributed by atoms with E-state index in [1.807, 2.05) is 48.5 Å². The van der Waals surface area contributed by atoms with Gasteiger partial charge in [0.25, 0.3) is 0 Å². The normalized spacial score (nSPS) is 18.3. The molecule has 4 aromatic rings. The zero-order chi connectivity index (χ0) is 23.8. The van der Waals surface area contributed by atoms with Crippen molar-refractivity contribution in [3.05, 3.63) is 130 Å². The Morgan fingerprint density at radius 3 is 2.43 bits per heavy atom. The van der Waals surface area contributed by atoms with Crippen LogP contribution < -0.4 is 9.47 Å². The van der Waals surface area contributed by atoms with E-state index in [0.717, 1.165) is 45.3 Å². The molecule has 2 heterocycles. The molecule has 0 spiro atoms. The molecule has 35 heavy (non-hydrogen) atoms. The average molecular weight is 481 g/mol. The van der Waals surface area contributed by atoms with E-state index in [1.165, 1.54) is 11.1 Å². The van der Waals surface area contributed by atoms with E-state index in [4.69, 9.17) is 26.2 Å². The van der Waals surface area contributed by atoms with Gasteiger partial charge in [0, 0.05) is 22.6 Å². The number of benzene rings is 4. The number of ether oxygens (including phenoxy) is 2. The molecule has 4 nitrogen and oxygen atoms in total. The first-order valence-electron chi connectivity index (χ1n) is 11.8. The second-order valence-electron chi connectivity index (χ2n) is 9.00. The van der Waals surface area contributed by atoms with Crippen LogP contribution in [0.15, 0.2) is 102 Å². The van der Waals surface area contributed by atoms with Crippen LogP contribution in [0.2, 0.25) is 5.02 Å². The zero-order valence-corrected chi connectivity index (χ0v) is 20.2. The van der Waals surface area contributed by atoms with E-state index in [0.29, 0.717) is 6.61 Å². The van der Waals surface area contributed by atoms with Crippen molar-refractivity contribution in [1.82, 2.24) is 5.01 Å². The standard InChI is InChI=1S/C30H25ClN2O2/c1-20-6-10-22(11-7-20)27-18-28-26-4-2-3-5-29(26)35-30(33(28)32-27)23-12-16-25(17-13-23)34-19-21-8-14-24(31)15-9-21/h2-17,28,30H,18-19H2,1H3/t28-,30-/m0/s1. The highest BCUT2D eigenvalue weighted by atomic mass is 35.5. The van der Waals surface area contributed by atoms with Gasteiger partial charge >= 0.3 is 0 Å². The van der Waals surface area contributed by atoms with Gasteiger partial charge in [0.05, 0.1) is 11.8 Å². The molecule has 2 atom stereocenters. The number of hydrogen-bond acceptors (Lipinski definition) is 4.